The number of amides is 2. The number of rotatable bonds is 10. The number of carbonyl (C=O) groups excluding carboxylic acids is 3. The van der Waals surface area contributed by atoms with Crippen molar-refractivity contribution in [2.45, 2.75) is 38.0 Å². The highest BCUT2D eigenvalue weighted by Crippen LogP contribution is 2.37. The fourth-order valence-corrected chi connectivity index (χ4v) is 3.72. The van der Waals surface area contributed by atoms with Gasteiger partial charge < -0.3 is 35.1 Å². The highest BCUT2D eigenvalue weighted by atomic mass is 79.9. The van der Waals surface area contributed by atoms with Crippen LogP contribution < -0.4 is 20.1 Å². The highest BCUT2D eigenvalue weighted by molar-refractivity contribution is 9.10. The average molecular weight is 501 g/mol. The van der Waals surface area contributed by atoms with Crippen LogP contribution in [0.15, 0.2) is 16.6 Å². The number of halogens is 1. The highest BCUT2D eigenvalue weighted by Gasteiger charge is 2.54. The summed E-state index contributed by atoms with van der Waals surface area (Å²) in [5.41, 5.74) is -1.10. The molecule has 3 rings (SSSR count). The van der Waals surface area contributed by atoms with E-state index in [1.807, 2.05) is 13.8 Å². The standard InChI is InChI=1S/C20H25BrN2O8/c1-10(2)3-13(17(26)20(7-25)8-31-20)22-19(28)14(6-24)23-18(27)11-4-15-16(5-12(11)21)30-9-29-15/h4-5,10,13-14,24-25H,3,6-9H2,1-2H3,(H,22,28)(H,23,27)/t13-,14-,20+/m0/s1. The third kappa shape index (κ3) is 5.17. The van der Waals surface area contributed by atoms with Crippen molar-refractivity contribution in [2.24, 2.45) is 5.92 Å². The molecular formula is C20H25BrN2O8. The van der Waals surface area contributed by atoms with Gasteiger partial charge >= 0.3 is 0 Å². The lowest BCUT2D eigenvalue weighted by Crippen LogP contribution is -2.55. The summed E-state index contributed by atoms with van der Waals surface area (Å²) in [7, 11) is 0. The van der Waals surface area contributed by atoms with E-state index in [9.17, 15) is 24.6 Å². The molecule has 2 amide bonds. The molecule has 2 aliphatic rings. The van der Waals surface area contributed by atoms with Crippen LogP contribution in [-0.2, 0) is 14.3 Å². The van der Waals surface area contributed by atoms with Crippen LogP contribution >= 0.6 is 15.9 Å². The first-order chi connectivity index (χ1) is 14.7. The first-order valence-electron chi connectivity index (χ1n) is 9.81. The molecule has 0 bridgehead atoms. The quantitative estimate of drug-likeness (QED) is 0.331. The van der Waals surface area contributed by atoms with E-state index in [0.717, 1.165) is 0 Å². The van der Waals surface area contributed by atoms with Gasteiger partial charge in [-0.1, -0.05) is 13.8 Å². The van der Waals surface area contributed by atoms with Crippen molar-refractivity contribution in [1.82, 2.24) is 10.6 Å². The summed E-state index contributed by atoms with van der Waals surface area (Å²) < 4.78 is 16.1. The fourth-order valence-electron chi connectivity index (χ4n) is 3.21. The van der Waals surface area contributed by atoms with Crippen molar-refractivity contribution >= 4 is 33.5 Å². The number of aliphatic hydroxyl groups is 2. The molecule has 3 atom stereocenters. The molecule has 0 saturated carbocycles. The second kappa shape index (κ2) is 9.51. The zero-order valence-electron chi connectivity index (χ0n) is 17.1. The van der Waals surface area contributed by atoms with E-state index in [0.29, 0.717) is 22.4 Å². The van der Waals surface area contributed by atoms with Gasteiger partial charge in [0.25, 0.3) is 5.91 Å². The van der Waals surface area contributed by atoms with Crippen molar-refractivity contribution in [3.8, 4) is 11.5 Å². The zero-order chi connectivity index (χ0) is 22.8. The van der Waals surface area contributed by atoms with Crippen LogP contribution in [0.2, 0.25) is 0 Å². The molecule has 2 heterocycles. The monoisotopic (exact) mass is 500 g/mol. The number of epoxide rings is 1. The largest absolute Gasteiger partial charge is 0.454 e. The van der Waals surface area contributed by atoms with E-state index in [4.69, 9.17) is 14.2 Å². The van der Waals surface area contributed by atoms with E-state index in [-0.39, 0.29) is 24.9 Å². The summed E-state index contributed by atoms with van der Waals surface area (Å²) in [6, 6.07) is 0.823. The summed E-state index contributed by atoms with van der Waals surface area (Å²) in [5, 5.41) is 24.2. The molecule has 31 heavy (non-hydrogen) atoms. The molecule has 11 heteroatoms. The van der Waals surface area contributed by atoms with Crippen LogP contribution in [0.5, 0.6) is 11.5 Å². The van der Waals surface area contributed by atoms with Crippen molar-refractivity contribution in [2.75, 3.05) is 26.6 Å². The lowest BCUT2D eigenvalue weighted by atomic mass is 9.92. The lowest BCUT2D eigenvalue weighted by Gasteiger charge is -2.24. The van der Waals surface area contributed by atoms with Crippen molar-refractivity contribution in [3.63, 3.8) is 0 Å². The molecule has 0 spiro atoms. The fraction of sp³-hybridized carbons (Fsp3) is 0.550. The van der Waals surface area contributed by atoms with Crippen LogP contribution in [0.3, 0.4) is 0 Å². The third-order valence-electron chi connectivity index (χ3n) is 5.05. The number of Topliss-reactive ketones (excluding diaryl/α,β-unsaturated/α-hetero) is 1. The van der Waals surface area contributed by atoms with E-state index < -0.39 is 48.5 Å². The molecule has 1 aromatic rings. The topological polar surface area (TPSA) is 147 Å². The number of ketones is 1. The summed E-state index contributed by atoms with van der Waals surface area (Å²) in [6.45, 7) is 2.74. The van der Waals surface area contributed by atoms with Crippen molar-refractivity contribution in [1.29, 1.82) is 0 Å². The number of hydrogen-bond acceptors (Lipinski definition) is 8. The van der Waals surface area contributed by atoms with Gasteiger partial charge in [0, 0.05) is 4.47 Å². The molecule has 0 aliphatic carbocycles. The van der Waals surface area contributed by atoms with Crippen LogP contribution in [0.25, 0.3) is 0 Å². The maximum Gasteiger partial charge on any atom is 0.253 e. The van der Waals surface area contributed by atoms with Crippen molar-refractivity contribution < 1.29 is 38.8 Å². The first kappa shape index (κ1) is 23.5. The van der Waals surface area contributed by atoms with Gasteiger partial charge in [-0.25, -0.2) is 0 Å². The van der Waals surface area contributed by atoms with Gasteiger partial charge in [0.05, 0.1) is 31.4 Å². The Bertz CT molecular complexity index is 871. The number of benzene rings is 1. The molecule has 1 aromatic carbocycles. The van der Waals surface area contributed by atoms with Gasteiger partial charge in [0.15, 0.2) is 22.9 Å². The van der Waals surface area contributed by atoms with Crippen LogP contribution in [0.4, 0.5) is 0 Å². The van der Waals surface area contributed by atoms with E-state index in [2.05, 4.69) is 26.6 Å². The number of aliphatic hydroxyl groups excluding tert-OH is 2. The normalized spacial score (nSPS) is 20.8. The zero-order valence-corrected chi connectivity index (χ0v) is 18.7. The Kier molecular flexibility index (Phi) is 7.20. The van der Waals surface area contributed by atoms with Gasteiger partial charge in [-0.3, -0.25) is 14.4 Å². The Morgan fingerprint density at radius 3 is 2.32 bits per heavy atom. The number of fused-ring (bicyclic) bond motifs is 1. The molecular weight excluding hydrogens is 476 g/mol. The minimum atomic E-state index is -1.29. The van der Waals surface area contributed by atoms with Crippen LogP contribution in [0, 0.1) is 5.92 Å². The van der Waals surface area contributed by atoms with Gasteiger partial charge in [0.2, 0.25) is 12.7 Å². The minimum absolute atomic E-state index is 0.0405. The number of ether oxygens (including phenoxy) is 3. The van der Waals surface area contributed by atoms with Gasteiger partial charge in [0.1, 0.15) is 6.04 Å². The maximum atomic E-state index is 12.8. The lowest BCUT2D eigenvalue weighted by molar-refractivity contribution is -0.133. The van der Waals surface area contributed by atoms with Gasteiger partial charge in [-0.2, -0.15) is 0 Å². The molecule has 4 N–H and O–H groups in total. The minimum Gasteiger partial charge on any atom is -0.454 e. The Morgan fingerprint density at radius 2 is 1.77 bits per heavy atom. The van der Waals surface area contributed by atoms with E-state index in [1.54, 1.807) is 6.07 Å². The van der Waals surface area contributed by atoms with E-state index >= 15 is 0 Å². The number of carbonyl (C=O) groups is 3. The summed E-state index contributed by atoms with van der Waals surface area (Å²) >= 11 is 3.28. The van der Waals surface area contributed by atoms with Crippen LogP contribution in [0.1, 0.15) is 30.6 Å². The predicted octanol–water partition coefficient (Wildman–Crippen LogP) is 0.130. The molecule has 170 valence electrons. The summed E-state index contributed by atoms with van der Waals surface area (Å²) in [4.78, 5) is 38.2. The SMILES string of the molecule is CC(C)C[C@H](NC(=O)[C@H](CO)NC(=O)c1cc2c(cc1Br)OCO2)C(=O)[C@@]1(CO)CO1. The van der Waals surface area contributed by atoms with E-state index in [1.165, 1.54) is 6.07 Å². The Morgan fingerprint density at radius 1 is 1.13 bits per heavy atom. The molecule has 0 radical (unpaired) electrons. The molecule has 10 nitrogen and oxygen atoms in total. The Balaban J connectivity index is 1.70. The molecule has 2 aliphatic heterocycles. The number of hydrogen-bond donors (Lipinski definition) is 4. The Hall–Kier alpha value is -2.21. The summed E-state index contributed by atoms with van der Waals surface area (Å²) in [6.07, 6.45) is 0.315. The molecule has 1 fully saturated rings. The first-order valence-corrected chi connectivity index (χ1v) is 10.6. The second-order valence-electron chi connectivity index (χ2n) is 7.89. The predicted molar refractivity (Wildman–Crippen MR) is 111 cm³/mol. The molecule has 0 aromatic heterocycles. The average Bonchev–Trinajstić information content (AvgIpc) is 3.40. The maximum absolute atomic E-state index is 12.8. The smallest absolute Gasteiger partial charge is 0.253 e. The second-order valence-corrected chi connectivity index (χ2v) is 8.74. The van der Waals surface area contributed by atoms with Gasteiger partial charge in [-0.05, 0) is 40.4 Å². The van der Waals surface area contributed by atoms with Crippen LogP contribution in [-0.4, -0.2) is 72.1 Å². The van der Waals surface area contributed by atoms with Gasteiger partial charge in [-0.15, -0.1) is 0 Å². The summed E-state index contributed by atoms with van der Waals surface area (Å²) in [5.74, 6) is -0.840. The third-order valence-corrected chi connectivity index (χ3v) is 5.70. The number of nitrogens with one attached hydrogen (secondary N) is 2. The molecule has 1 saturated heterocycles. The van der Waals surface area contributed by atoms with Crippen molar-refractivity contribution in [3.05, 3.63) is 22.2 Å². The molecule has 0 unspecified atom stereocenters. The Labute approximate surface area is 187 Å².